The van der Waals surface area contributed by atoms with Crippen molar-refractivity contribution in [2.45, 2.75) is 44.9 Å². The first-order valence-electron chi connectivity index (χ1n) is 10.6. The fourth-order valence-electron chi connectivity index (χ4n) is 3.68. The van der Waals surface area contributed by atoms with Gasteiger partial charge in [0.25, 0.3) is 5.91 Å². The molecule has 0 saturated carbocycles. The van der Waals surface area contributed by atoms with E-state index in [2.05, 4.69) is 24.1 Å². The van der Waals surface area contributed by atoms with Gasteiger partial charge in [0, 0.05) is 36.1 Å². The van der Waals surface area contributed by atoms with Crippen molar-refractivity contribution in [2.24, 2.45) is 0 Å². The largest absolute Gasteiger partial charge is 0.381 e. The van der Waals surface area contributed by atoms with E-state index in [-0.39, 0.29) is 11.9 Å². The molecule has 2 aliphatic rings. The van der Waals surface area contributed by atoms with Gasteiger partial charge >= 0.3 is 0 Å². The molecule has 30 heavy (non-hydrogen) atoms. The van der Waals surface area contributed by atoms with Crippen LogP contribution in [0.4, 0.5) is 0 Å². The molecule has 1 aliphatic carbocycles. The van der Waals surface area contributed by atoms with Gasteiger partial charge in [0.2, 0.25) is 0 Å². The van der Waals surface area contributed by atoms with Crippen molar-refractivity contribution < 1.29 is 14.3 Å². The lowest BCUT2D eigenvalue weighted by Crippen LogP contribution is -2.38. The molecular weight excluding hydrogens is 420 g/mol. The number of hydrogen-bond acceptors (Lipinski definition) is 6. The highest BCUT2D eigenvalue weighted by Crippen LogP contribution is 2.35. The molecule has 9 heteroatoms. The number of fused-ring (bicyclic) bond motifs is 1. The fraction of sp³-hybridized carbons (Fsp3) is 0.667. The summed E-state index contributed by atoms with van der Waals surface area (Å²) in [7, 11) is -0.590. The maximum atomic E-state index is 13.1. The van der Waals surface area contributed by atoms with Crippen LogP contribution in [0.3, 0.4) is 0 Å². The van der Waals surface area contributed by atoms with Crippen LogP contribution in [0.2, 0.25) is 0 Å². The number of aryl methyl sites for hydroxylation is 2. The van der Waals surface area contributed by atoms with Gasteiger partial charge in [0.1, 0.15) is 17.4 Å². The third-order valence-corrected chi connectivity index (χ3v) is 7.98. The Bertz CT molecular complexity index is 860. The maximum Gasteiger partial charge on any atom is 0.255 e. The van der Waals surface area contributed by atoms with Gasteiger partial charge < -0.3 is 14.8 Å². The quantitative estimate of drug-likeness (QED) is 0.623. The molecule has 0 spiro atoms. The van der Waals surface area contributed by atoms with E-state index in [1.165, 1.54) is 17.0 Å². The minimum absolute atomic E-state index is 0.0855. The van der Waals surface area contributed by atoms with Gasteiger partial charge in [-0.2, -0.15) is 5.10 Å². The van der Waals surface area contributed by atoms with Crippen molar-refractivity contribution in [2.75, 3.05) is 44.3 Å². The molecule has 0 radical (unpaired) electrons. The maximum absolute atomic E-state index is 13.1. The lowest BCUT2D eigenvalue weighted by molar-refractivity contribution is 0.0695. The second-order valence-electron chi connectivity index (χ2n) is 8.87. The third kappa shape index (κ3) is 5.43. The molecule has 7 nitrogen and oxygen atoms in total. The number of hydrogen-bond donors (Lipinski definition) is 1. The minimum atomic E-state index is -0.590. The number of carbonyl (C=O) groups excluding carboxylic acids is 1. The zero-order chi connectivity index (χ0) is 21.1. The Morgan fingerprint density at radius 3 is 2.87 bits per heavy atom. The summed E-state index contributed by atoms with van der Waals surface area (Å²) in [5.74, 6) is 0.967. The Labute approximate surface area is 183 Å². The lowest BCUT2D eigenvalue weighted by Gasteiger charge is -2.24. The standard InChI is InChI=1S/C21H32N4O3S2/c1-30(2,3)12-11-28-14-25-13-16(20(26)22-15-7-9-27-10-8-15)19(24-25)21-23-17-5-4-6-18(17)29-21/h13,15H,4-12,14H2,1-3H3,(H,22,26). The van der Waals surface area contributed by atoms with E-state index in [9.17, 15) is 4.79 Å². The first-order chi connectivity index (χ1) is 14.4. The van der Waals surface area contributed by atoms with Crippen molar-refractivity contribution >= 4 is 27.3 Å². The van der Waals surface area contributed by atoms with E-state index < -0.39 is 10.0 Å². The molecule has 1 amide bonds. The number of thiazole rings is 1. The van der Waals surface area contributed by atoms with Gasteiger partial charge in [-0.25, -0.2) is 19.7 Å². The topological polar surface area (TPSA) is 78.3 Å². The molecule has 0 atom stereocenters. The molecule has 1 fully saturated rings. The molecule has 1 aliphatic heterocycles. The van der Waals surface area contributed by atoms with Crippen molar-refractivity contribution in [3.63, 3.8) is 0 Å². The Morgan fingerprint density at radius 2 is 2.13 bits per heavy atom. The van der Waals surface area contributed by atoms with Gasteiger partial charge in [0.05, 0.1) is 17.9 Å². The summed E-state index contributed by atoms with van der Waals surface area (Å²) >= 11 is 1.67. The smallest absolute Gasteiger partial charge is 0.255 e. The van der Waals surface area contributed by atoms with Crippen molar-refractivity contribution in [1.29, 1.82) is 0 Å². The van der Waals surface area contributed by atoms with E-state index in [1.807, 2.05) is 0 Å². The number of carbonyl (C=O) groups is 1. The van der Waals surface area contributed by atoms with Crippen LogP contribution in [0.5, 0.6) is 0 Å². The number of aromatic nitrogens is 3. The Hall–Kier alpha value is -1.42. The van der Waals surface area contributed by atoms with Crippen molar-refractivity contribution in [3.05, 3.63) is 22.3 Å². The lowest BCUT2D eigenvalue weighted by atomic mass is 10.1. The summed E-state index contributed by atoms with van der Waals surface area (Å²) in [5.41, 5.74) is 2.42. The highest BCUT2D eigenvalue weighted by Gasteiger charge is 2.26. The summed E-state index contributed by atoms with van der Waals surface area (Å²) in [6, 6.07) is 0.148. The van der Waals surface area contributed by atoms with Crippen molar-refractivity contribution in [1.82, 2.24) is 20.1 Å². The normalized spacial score (nSPS) is 17.8. The summed E-state index contributed by atoms with van der Waals surface area (Å²) < 4.78 is 13.0. The molecule has 0 aromatic carbocycles. The zero-order valence-electron chi connectivity index (χ0n) is 18.1. The number of rotatable bonds is 8. The van der Waals surface area contributed by atoms with Crippen LogP contribution >= 0.6 is 21.4 Å². The number of nitrogens with zero attached hydrogens (tertiary/aromatic N) is 3. The second-order valence-corrected chi connectivity index (χ2v) is 14.5. The van der Waals surface area contributed by atoms with Crippen LogP contribution in [-0.4, -0.2) is 71.1 Å². The minimum Gasteiger partial charge on any atom is -0.381 e. The SMILES string of the molecule is CS(C)(C)CCOCn1cc(C(=O)NC2CCOCC2)c(-c2nc3c(s2)CCC3)n1. The monoisotopic (exact) mass is 452 g/mol. The van der Waals surface area contributed by atoms with E-state index in [0.29, 0.717) is 37.8 Å². The van der Waals surface area contributed by atoms with Crippen LogP contribution < -0.4 is 5.32 Å². The molecule has 1 N–H and O–H groups in total. The summed E-state index contributed by atoms with van der Waals surface area (Å²) in [6.45, 7) is 2.43. The molecule has 3 heterocycles. The third-order valence-electron chi connectivity index (χ3n) is 5.42. The van der Waals surface area contributed by atoms with Gasteiger partial charge in [-0.1, -0.05) is 0 Å². The Balaban J connectivity index is 1.51. The zero-order valence-corrected chi connectivity index (χ0v) is 19.7. The highest BCUT2D eigenvalue weighted by molar-refractivity contribution is 8.32. The van der Waals surface area contributed by atoms with E-state index in [1.54, 1.807) is 22.2 Å². The average Bonchev–Trinajstić information content (AvgIpc) is 3.39. The first-order valence-corrected chi connectivity index (χ1v) is 14.4. The summed E-state index contributed by atoms with van der Waals surface area (Å²) in [5, 5.41) is 8.71. The number of amides is 1. The summed E-state index contributed by atoms with van der Waals surface area (Å²) in [4.78, 5) is 19.2. The van der Waals surface area contributed by atoms with Crippen LogP contribution in [-0.2, 0) is 29.0 Å². The molecule has 0 bridgehead atoms. The first kappa shape index (κ1) is 21.8. The second kappa shape index (κ2) is 9.38. The molecule has 4 rings (SSSR count). The fourth-order valence-corrected chi connectivity index (χ4v) is 5.44. The number of ether oxygens (including phenoxy) is 2. The predicted molar refractivity (Wildman–Crippen MR) is 123 cm³/mol. The Kier molecular flexibility index (Phi) is 6.81. The van der Waals surface area contributed by atoms with Gasteiger partial charge in [0.15, 0.2) is 0 Å². The van der Waals surface area contributed by atoms with E-state index >= 15 is 0 Å². The van der Waals surface area contributed by atoms with Gasteiger partial charge in [-0.05, 0) is 50.9 Å². The number of nitrogens with one attached hydrogen (secondary N) is 1. The van der Waals surface area contributed by atoms with Crippen molar-refractivity contribution in [3.8, 4) is 10.7 Å². The Morgan fingerprint density at radius 1 is 1.33 bits per heavy atom. The van der Waals surface area contributed by atoms with Crippen LogP contribution in [0, 0.1) is 0 Å². The van der Waals surface area contributed by atoms with Gasteiger partial charge in [-0.15, -0.1) is 11.3 Å². The molecule has 2 aromatic rings. The van der Waals surface area contributed by atoms with E-state index in [4.69, 9.17) is 19.6 Å². The molecule has 0 unspecified atom stereocenters. The predicted octanol–water partition coefficient (Wildman–Crippen LogP) is 3.07. The molecule has 1 saturated heterocycles. The van der Waals surface area contributed by atoms with Gasteiger partial charge in [-0.3, -0.25) is 4.79 Å². The van der Waals surface area contributed by atoms with E-state index in [0.717, 1.165) is 36.4 Å². The molecule has 166 valence electrons. The summed E-state index contributed by atoms with van der Waals surface area (Å²) in [6.07, 6.45) is 13.6. The van der Waals surface area contributed by atoms with Crippen LogP contribution in [0.15, 0.2) is 6.20 Å². The highest BCUT2D eigenvalue weighted by atomic mass is 32.3. The van der Waals surface area contributed by atoms with Crippen LogP contribution in [0.1, 0.15) is 40.2 Å². The van der Waals surface area contributed by atoms with Crippen LogP contribution in [0.25, 0.3) is 10.7 Å². The molecule has 2 aromatic heterocycles. The average molecular weight is 453 g/mol. The molecular formula is C21H32N4O3S2.